The number of pyridine rings is 2. The minimum absolute atomic E-state index is 0.281. The molecule has 0 atom stereocenters. The third-order valence-corrected chi connectivity index (χ3v) is 7.40. The molecule has 39 heavy (non-hydrogen) atoms. The van der Waals surface area contributed by atoms with Crippen molar-refractivity contribution in [2.75, 3.05) is 5.73 Å². The fourth-order valence-electron chi connectivity index (χ4n) is 4.59. The molecule has 3 heterocycles. The second kappa shape index (κ2) is 11.9. The number of carboxylic acid groups (broad SMARTS) is 1. The molecule has 4 N–H and O–H groups in total. The summed E-state index contributed by atoms with van der Waals surface area (Å²) >= 11 is 1.54. The van der Waals surface area contributed by atoms with Crippen molar-refractivity contribution in [3.05, 3.63) is 92.0 Å². The Labute approximate surface area is 230 Å². The van der Waals surface area contributed by atoms with E-state index >= 15 is 0 Å². The number of fused-ring (bicyclic) bond motifs is 4. The molecule has 0 saturated heterocycles. The molecular formula is C29H31FN4O4S. The fourth-order valence-corrected chi connectivity index (χ4v) is 5.29. The molecule has 0 aliphatic carbocycles. The van der Waals surface area contributed by atoms with Gasteiger partial charge in [0, 0.05) is 35.0 Å². The molecule has 0 fully saturated rings. The first kappa shape index (κ1) is 28.1. The van der Waals surface area contributed by atoms with Gasteiger partial charge in [0.1, 0.15) is 12.4 Å². The maximum absolute atomic E-state index is 14.5. The van der Waals surface area contributed by atoms with Gasteiger partial charge in [0.25, 0.3) is 5.56 Å². The van der Waals surface area contributed by atoms with Gasteiger partial charge < -0.3 is 20.1 Å². The van der Waals surface area contributed by atoms with Crippen LogP contribution in [-0.4, -0.2) is 20.8 Å². The van der Waals surface area contributed by atoms with Crippen LogP contribution in [0, 0.1) is 19.7 Å². The van der Waals surface area contributed by atoms with Crippen molar-refractivity contribution >= 4 is 34.7 Å². The second-order valence-corrected chi connectivity index (χ2v) is 9.89. The predicted molar refractivity (Wildman–Crippen MR) is 153 cm³/mol. The highest BCUT2D eigenvalue weighted by Gasteiger charge is 2.28. The van der Waals surface area contributed by atoms with E-state index in [2.05, 4.69) is 9.46 Å². The van der Waals surface area contributed by atoms with Crippen LogP contribution in [0.15, 0.2) is 47.3 Å². The van der Waals surface area contributed by atoms with Gasteiger partial charge in [-0.15, -0.1) is 0 Å². The molecule has 5 rings (SSSR count). The summed E-state index contributed by atoms with van der Waals surface area (Å²) in [4.78, 5) is 28.9. The van der Waals surface area contributed by atoms with Gasteiger partial charge in [0.2, 0.25) is 0 Å². The molecule has 0 bridgehead atoms. The largest absolute Gasteiger partial charge is 0.506 e. The van der Waals surface area contributed by atoms with E-state index in [-0.39, 0.29) is 30.1 Å². The van der Waals surface area contributed by atoms with Crippen molar-refractivity contribution in [3.63, 3.8) is 0 Å². The molecule has 1 aliphatic heterocycles. The number of nitrogen functional groups attached to an aromatic ring is 1. The third kappa shape index (κ3) is 5.76. The SMILES string of the molecule is CC.Cc1cc2c(CNSCc3ccc(N)cc3)c3c(nc2cc1F)-c1cc(C)c(COC(=O)O)c(=O)n1C3. The number of halogens is 1. The van der Waals surface area contributed by atoms with Crippen LogP contribution in [0.5, 0.6) is 0 Å². The van der Waals surface area contributed by atoms with Crippen molar-refractivity contribution in [2.45, 2.75) is 53.1 Å². The molecule has 1 aliphatic rings. The minimum Gasteiger partial charge on any atom is -0.450 e. The number of nitrogens with two attached hydrogens (primary N) is 1. The summed E-state index contributed by atoms with van der Waals surface area (Å²) in [5, 5.41) is 9.71. The lowest BCUT2D eigenvalue weighted by Gasteiger charge is -2.14. The maximum atomic E-state index is 14.5. The molecule has 2 aromatic carbocycles. The highest BCUT2D eigenvalue weighted by atomic mass is 32.2. The number of anilines is 1. The highest BCUT2D eigenvalue weighted by Crippen LogP contribution is 2.37. The first-order valence-electron chi connectivity index (χ1n) is 12.6. The molecule has 0 unspecified atom stereocenters. The standard InChI is InChI=1S/C27H25FN4O4S.C2H6/c1-14-8-24-25-20(11-32(24)26(33)21(14)12-36-27(34)35)19(18-7-15(2)22(28)9-23(18)31-25)10-30-37-13-16-3-5-17(29)6-4-16;1-2/h3-9,30H,10-13,29H2,1-2H3,(H,34,35);1-2H3. The van der Waals surface area contributed by atoms with Gasteiger partial charge in [-0.2, -0.15) is 0 Å². The summed E-state index contributed by atoms with van der Waals surface area (Å²) in [6.45, 7) is 7.88. The van der Waals surface area contributed by atoms with Gasteiger partial charge >= 0.3 is 6.16 Å². The Morgan fingerprint density at radius 1 is 1.15 bits per heavy atom. The van der Waals surface area contributed by atoms with Gasteiger partial charge in [-0.05, 0) is 60.4 Å². The van der Waals surface area contributed by atoms with E-state index in [4.69, 9.17) is 15.8 Å². The topological polar surface area (TPSA) is 119 Å². The number of hydrogen-bond donors (Lipinski definition) is 3. The molecule has 0 radical (unpaired) electrons. The zero-order valence-corrected chi connectivity index (χ0v) is 23.1. The summed E-state index contributed by atoms with van der Waals surface area (Å²) < 4.78 is 24.2. The van der Waals surface area contributed by atoms with E-state index in [1.165, 1.54) is 6.07 Å². The lowest BCUT2D eigenvalue weighted by atomic mass is 9.99. The number of nitrogens with one attached hydrogen (secondary N) is 1. The van der Waals surface area contributed by atoms with Gasteiger partial charge in [0.05, 0.1) is 29.0 Å². The Morgan fingerprint density at radius 3 is 2.56 bits per heavy atom. The highest BCUT2D eigenvalue weighted by molar-refractivity contribution is 7.96. The summed E-state index contributed by atoms with van der Waals surface area (Å²) in [6, 6.07) is 12.7. The number of hydrogen-bond acceptors (Lipinski definition) is 7. The number of carbonyl (C=O) groups is 1. The lowest BCUT2D eigenvalue weighted by Crippen LogP contribution is -2.25. The molecule has 2 aromatic heterocycles. The number of aromatic nitrogens is 2. The first-order chi connectivity index (χ1) is 18.7. The van der Waals surface area contributed by atoms with Crippen molar-refractivity contribution < 1.29 is 19.0 Å². The summed E-state index contributed by atoms with van der Waals surface area (Å²) in [6.07, 6.45) is -1.44. The molecule has 8 nitrogen and oxygen atoms in total. The maximum Gasteiger partial charge on any atom is 0.506 e. The Bertz CT molecular complexity index is 1600. The van der Waals surface area contributed by atoms with Gasteiger partial charge in [-0.1, -0.05) is 37.9 Å². The number of nitrogens with zero attached hydrogens (tertiary/aromatic N) is 2. The van der Waals surface area contributed by atoms with Crippen molar-refractivity contribution in [1.29, 1.82) is 0 Å². The summed E-state index contributed by atoms with van der Waals surface area (Å²) in [5.74, 6) is 0.384. The van der Waals surface area contributed by atoms with Crippen molar-refractivity contribution in [3.8, 4) is 11.4 Å². The van der Waals surface area contributed by atoms with Gasteiger partial charge in [-0.3, -0.25) is 9.52 Å². The number of rotatable bonds is 7. The van der Waals surface area contributed by atoms with Gasteiger partial charge in [-0.25, -0.2) is 14.2 Å². The monoisotopic (exact) mass is 550 g/mol. The minimum atomic E-state index is -1.44. The predicted octanol–water partition coefficient (Wildman–Crippen LogP) is 5.92. The van der Waals surface area contributed by atoms with Crippen molar-refractivity contribution in [2.24, 2.45) is 0 Å². The summed E-state index contributed by atoms with van der Waals surface area (Å²) in [7, 11) is 0. The van der Waals surface area contributed by atoms with Crippen LogP contribution in [0.2, 0.25) is 0 Å². The molecule has 0 amide bonds. The van der Waals surface area contributed by atoms with Crippen molar-refractivity contribution in [1.82, 2.24) is 14.3 Å². The molecule has 0 saturated carbocycles. The Balaban J connectivity index is 0.00000172. The zero-order valence-electron chi connectivity index (χ0n) is 22.3. The van der Waals surface area contributed by atoms with Crippen LogP contribution in [0.3, 0.4) is 0 Å². The second-order valence-electron chi connectivity index (χ2n) is 9.02. The van der Waals surface area contributed by atoms with E-state index in [0.29, 0.717) is 40.3 Å². The van der Waals surface area contributed by atoms with Crippen LogP contribution >= 0.6 is 11.9 Å². The molecular weight excluding hydrogens is 519 g/mol. The average molecular weight is 551 g/mol. The van der Waals surface area contributed by atoms with Crippen LogP contribution in [0.1, 0.15) is 47.2 Å². The van der Waals surface area contributed by atoms with Crippen LogP contribution < -0.4 is 16.0 Å². The van der Waals surface area contributed by atoms with Crippen LogP contribution in [0.4, 0.5) is 14.9 Å². The normalized spacial score (nSPS) is 11.5. The average Bonchev–Trinajstić information content (AvgIpc) is 3.27. The van der Waals surface area contributed by atoms with E-state index in [1.54, 1.807) is 36.4 Å². The van der Waals surface area contributed by atoms with Crippen LogP contribution in [-0.2, 0) is 30.2 Å². The van der Waals surface area contributed by atoms with Crippen LogP contribution in [0.25, 0.3) is 22.3 Å². The van der Waals surface area contributed by atoms with E-state index in [9.17, 15) is 14.0 Å². The number of aryl methyl sites for hydroxylation is 2. The van der Waals surface area contributed by atoms with E-state index in [0.717, 1.165) is 27.8 Å². The Hall–Kier alpha value is -3.89. The number of benzene rings is 2. The smallest absolute Gasteiger partial charge is 0.450 e. The lowest BCUT2D eigenvalue weighted by molar-refractivity contribution is 0.0848. The Kier molecular flexibility index (Phi) is 8.57. The first-order valence-corrected chi connectivity index (χ1v) is 13.6. The summed E-state index contributed by atoms with van der Waals surface area (Å²) in [5.41, 5.74) is 12.3. The number of ether oxygens (including phenoxy) is 1. The van der Waals surface area contributed by atoms with Gasteiger partial charge in [0.15, 0.2) is 0 Å². The van der Waals surface area contributed by atoms with E-state index in [1.807, 2.05) is 44.2 Å². The van der Waals surface area contributed by atoms with E-state index < -0.39 is 6.16 Å². The zero-order chi connectivity index (χ0) is 28.3. The molecule has 4 aromatic rings. The fraction of sp³-hybridized carbons (Fsp3) is 0.276. The molecule has 0 spiro atoms. The quantitative estimate of drug-likeness (QED) is 0.0989. The third-order valence-electron chi connectivity index (χ3n) is 6.58. The molecule has 10 heteroatoms. The Morgan fingerprint density at radius 2 is 1.87 bits per heavy atom. The molecule has 204 valence electrons.